The van der Waals surface area contributed by atoms with Crippen LogP contribution in [0, 0.1) is 0 Å². The van der Waals surface area contributed by atoms with Crippen molar-refractivity contribution >= 4 is 5.91 Å². The van der Waals surface area contributed by atoms with E-state index in [2.05, 4.69) is 31.3 Å². The largest absolute Gasteiger partial charge is 0.394 e. The summed E-state index contributed by atoms with van der Waals surface area (Å²) in [4.78, 5) is 13.1. The number of carbonyl (C=O) groups is 1. The van der Waals surface area contributed by atoms with E-state index in [4.69, 9.17) is 9.47 Å². The second-order valence-corrected chi connectivity index (χ2v) is 20.6. The molecule has 0 aliphatic carbocycles. The fourth-order valence-corrected chi connectivity index (χ4v) is 9.52. The van der Waals surface area contributed by atoms with E-state index in [1.807, 2.05) is 0 Å². The first kappa shape index (κ1) is 63.9. The van der Waals surface area contributed by atoms with E-state index >= 15 is 0 Å². The van der Waals surface area contributed by atoms with E-state index in [1.165, 1.54) is 205 Å². The third kappa shape index (κ3) is 36.5. The third-order valence-corrected chi connectivity index (χ3v) is 14.2. The Bertz CT molecular complexity index is 1080. The predicted octanol–water partition coefficient (Wildman–Crippen LogP) is 13.0. The van der Waals surface area contributed by atoms with Crippen molar-refractivity contribution in [2.75, 3.05) is 13.2 Å². The van der Waals surface area contributed by atoms with E-state index in [-0.39, 0.29) is 6.61 Å². The fraction of sp³-hybridized carbons (Fsp3) is 0.947. The highest BCUT2D eigenvalue weighted by molar-refractivity contribution is 5.80. The minimum atomic E-state index is -1.59. The summed E-state index contributed by atoms with van der Waals surface area (Å²) in [5, 5.41) is 65.1. The van der Waals surface area contributed by atoms with Crippen LogP contribution in [0.25, 0.3) is 0 Å². The number of rotatable bonds is 50. The van der Waals surface area contributed by atoms with Crippen LogP contribution in [-0.4, -0.2) is 98.7 Å². The number of amides is 1. The standard InChI is InChI=1S/C57H111NO9/c1-3-5-7-9-11-13-15-17-18-19-20-21-22-23-24-25-26-27-28-29-30-31-32-34-36-38-40-42-44-46-51(61)56(65)58-49(48-66-57-55(64)54(63)53(62)52(47-59)67-57)50(60)45-43-41-39-37-35-33-16-14-12-10-8-6-4-2/h23-24,49-55,57,59-64H,3-22,25-48H2,1-2H3,(H,58,65)/b24-23-. The third-order valence-electron chi connectivity index (χ3n) is 14.2. The molecule has 1 heterocycles. The van der Waals surface area contributed by atoms with Crippen molar-refractivity contribution in [3.05, 3.63) is 12.2 Å². The van der Waals surface area contributed by atoms with E-state index in [9.17, 15) is 35.4 Å². The summed E-state index contributed by atoms with van der Waals surface area (Å²) in [5.41, 5.74) is 0. The average Bonchev–Trinajstić information content (AvgIpc) is 3.33. The number of unbranched alkanes of at least 4 members (excludes halogenated alkanes) is 37. The van der Waals surface area contributed by atoms with Crippen LogP contribution >= 0.6 is 0 Å². The molecule has 0 saturated carbocycles. The first-order valence-electron chi connectivity index (χ1n) is 29.0. The molecule has 398 valence electrons. The van der Waals surface area contributed by atoms with Crippen LogP contribution in [-0.2, 0) is 14.3 Å². The molecular weight excluding hydrogens is 843 g/mol. The average molecular weight is 955 g/mol. The first-order chi connectivity index (χ1) is 32.8. The van der Waals surface area contributed by atoms with Crippen molar-refractivity contribution in [1.29, 1.82) is 0 Å². The summed E-state index contributed by atoms with van der Waals surface area (Å²) in [6, 6.07) is -0.891. The zero-order chi connectivity index (χ0) is 48.8. The predicted molar refractivity (Wildman–Crippen MR) is 278 cm³/mol. The zero-order valence-electron chi connectivity index (χ0n) is 43.8. The van der Waals surface area contributed by atoms with E-state index in [0.717, 1.165) is 51.4 Å². The van der Waals surface area contributed by atoms with Gasteiger partial charge in [-0.05, 0) is 38.5 Å². The van der Waals surface area contributed by atoms with Crippen LogP contribution in [0.3, 0.4) is 0 Å². The highest BCUT2D eigenvalue weighted by Crippen LogP contribution is 2.23. The van der Waals surface area contributed by atoms with Crippen LogP contribution in [0.15, 0.2) is 12.2 Å². The number of carbonyl (C=O) groups excluding carboxylic acids is 1. The lowest BCUT2D eigenvalue weighted by Gasteiger charge is -2.40. The molecule has 8 atom stereocenters. The molecule has 1 fully saturated rings. The maximum absolute atomic E-state index is 13.1. The molecule has 0 spiro atoms. The van der Waals surface area contributed by atoms with Gasteiger partial charge in [0, 0.05) is 0 Å². The highest BCUT2D eigenvalue weighted by atomic mass is 16.7. The Morgan fingerprint density at radius 1 is 0.493 bits per heavy atom. The Morgan fingerprint density at radius 2 is 0.836 bits per heavy atom. The van der Waals surface area contributed by atoms with Crippen LogP contribution in [0.2, 0.25) is 0 Å². The monoisotopic (exact) mass is 954 g/mol. The van der Waals surface area contributed by atoms with Crippen molar-refractivity contribution in [2.24, 2.45) is 0 Å². The SMILES string of the molecule is CCCCCCCCCCCCCC/C=C\CCCCCCCCCCCCCCCC(O)C(=O)NC(COC1OC(CO)C(O)C(O)C1O)C(O)CCCCCCCCCCCCCCC. The molecule has 1 aliphatic rings. The lowest BCUT2D eigenvalue weighted by molar-refractivity contribution is -0.302. The van der Waals surface area contributed by atoms with Gasteiger partial charge in [-0.15, -0.1) is 0 Å². The van der Waals surface area contributed by atoms with Crippen molar-refractivity contribution in [1.82, 2.24) is 5.32 Å². The molecular formula is C57H111NO9. The number of allylic oxidation sites excluding steroid dienone is 2. The van der Waals surface area contributed by atoms with E-state index < -0.39 is 61.5 Å². The van der Waals surface area contributed by atoms with Gasteiger partial charge in [0.1, 0.15) is 30.5 Å². The molecule has 1 aliphatic heterocycles. The molecule has 0 aromatic carbocycles. The van der Waals surface area contributed by atoms with E-state index in [0.29, 0.717) is 12.8 Å². The van der Waals surface area contributed by atoms with Gasteiger partial charge in [0.25, 0.3) is 0 Å². The number of aliphatic hydroxyl groups excluding tert-OH is 6. The Hall–Kier alpha value is -1.11. The van der Waals surface area contributed by atoms with Gasteiger partial charge in [-0.25, -0.2) is 0 Å². The molecule has 10 nitrogen and oxygen atoms in total. The summed E-state index contributed by atoms with van der Waals surface area (Å²) in [7, 11) is 0. The second-order valence-electron chi connectivity index (χ2n) is 20.6. The molecule has 0 radical (unpaired) electrons. The lowest BCUT2D eigenvalue weighted by Crippen LogP contribution is -2.60. The topological polar surface area (TPSA) is 169 Å². The maximum Gasteiger partial charge on any atom is 0.249 e. The normalized spacial score (nSPS) is 20.1. The van der Waals surface area contributed by atoms with Crippen LogP contribution in [0.1, 0.15) is 284 Å². The van der Waals surface area contributed by atoms with Crippen LogP contribution in [0.4, 0.5) is 0 Å². The number of hydrogen-bond acceptors (Lipinski definition) is 9. The van der Waals surface area contributed by atoms with Crippen LogP contribution < -0.4 is 5.32 Å². The Labute approximate surface area is 412 Å². The molecule has 0 aromatic heterocycles. The van der Waals surface area contributed by atoms with Gasteiger partial charge in [0.05, 0.1) is 25.4 Å². The quantitative estimate of drug-likeness (QED) is 0.0232. The molecule has 1 amide bonds. The molecule has 1 rings (SSSR count). The van der Waals surface area contributed by atoms with E-state index in [1.54, 1.807) is 0 Å². The minimum Gasteiger partial charge on any atom is -0.394 e. The van der Waals surface area contributed by atoms with Crippen molar-refractivity contribution in [3.63, 3.8) is 0 Å². The molecule has 0 aromatic rings. The Balaban J connectivity index is 2.17. The van der Waals surface area contributed by atoms with Crippen LogP contribution in [0.5, 0.6) is 0 Å². The van der Waals surface area contributed by atoms with Crippen molar-refractivity contribution in [2.45, 2.75) is 332 Å². The summed E-state index contributed by atoms with van der Waals surface area (Å²) in [6.07, 6.45) is 47.2. The maximum atomic E-state index is 13.1. The zero-order valence-corrected chi connectivity index (χ0v) is 43.8. The molecule has 67 heavy (non-hydrogen) atoms. The lowest BCUT2D eigenvalue weighted by atomic mass is 9.99. The van der Waals surface area contributed by atoms with Gasteiger partial charge in [-0.1, -0.05) is 257 Å². The van der Waals surface area contributed by atoms with Gasteiger partial charge >= 0.3 is 0 Å². The molecule has 0 bridgehead atoms. The molecule has 10 heteroatoms. The summed E-state index contributed by atoms with van der Waals surface area (Å²) < 4.78 is 11.2. The fourth-order valence-electron chi connectivity index (χ4n) is 9.52. The summed E-state index contributed by atoms with van der Waals surface area (Å²) in [5.74, 6) is -0.580. The summed E-state index contributed by atoms with van der Waals surface area (Å²) >= 11 is 0. The highest BCUT2D eigenvalue weighted by Gasteiger charge is 2.44. The minimum absolute atomic E-state index is 0.252. The molecule has 7 N–H and O–H groups in total. The number of aliphatic hydroxyl groups is 6. The second kappa shape index (κ2) is 47.2. The van der Waals surface area contributed by atoms with Gasteiger partial charge in [-0.2, -0.15) is 0 Å². The number of hydrogen-bond donors (Lipinski definition) is 7. The smallest absolute Gasteiger partial charge is 0.249 e. The van der Waals surface area contributed by atoms with Gasteiger partial charge in [-0.3, -0.25) is 4.79 Å². The Kier molecular flexibility index (Phi) is 45.0. The number of ether oxygens (including phenoxy) is 2. The first-order valence-corrected chi connectivity index (χ1v) is 29.0. The van der Waals surface area contributed by atoms with Gasteiger partial charge in [0.15, 0.2) is 6.29 Å². The van der Waals surface area contributed by atoms with Crippen molar-refractivity contribution < 1.29 is 44.9 Å². The van der Waals surface area contributed by atoms with Gasteiger partial charge < -0.3 is 45.4 Å². The van der Waals surface area contributed by atoms with Crippen molar-refractivity contribution in [3.8, 4) is 0 Å². The van der Waals surface area contributed by atoms with Gasteiger partial charge in [0.2, 0.25) is 5.91 Å². The Morgan fingerprint density at radius 3 is 1.21 bits per heavy atom. The molecule has 1 saturated heterocycles. The summed E-state index contributed by atoms with van der Waals surface area (Å²) in [6.45, 7) is 3.70. The molecule has 8 unspecified atom stereocenters. The number of nitrogens with one attached hydrogen (secondary N) is 1.